The number of hydrogen-bond donors (Lipinski definition) is 1. The molecular weight excluding hydrogens is 175 g/mol. The molecule has 1 aliphatic rings. The standard InChI is InChI=1S/C10H17BN2O/c1-9(2)7-11(14-10(9,3)4)8-5-12-13-6-8/h5-6H,7H2,1-4H3,(H,12,13). The molecule has 1 saturated heterocycles. The van der Waals surface area contributed by atoms with Crippen molar-refractivity contribution in [3.8, 4) is 0 Å². The molecular formula is C10H17BN2O. The summed E-state index contributed by atoms with van der Waals surface area (Å²) < 4.78 is 6.05. The number of aromatic amines is 1. The molecule has 4 heteroatoms. The topological polar surface area (TPSA) is 37.9 Å². The molecule has 76 valence electrons. The van der Waals surface area contributed by atoms with Crippen LogP contribution < -0.4 is 5.46 Å². The molecule has 1 aliphatic heterocycles. The molecule has 0 bridgehead atoms. The van der Waals surface area contributed by atoms with E-state index in [0.29, 0.717) is 0 Å². The smallest absolute Gasteiger partial charge is 0.331 e. The van der Waals surface area contributed by atoms with Gasteiger partial charge in [-0.25, -0.2) is 0 Å². The van der Waals surface area contributed by atoms with Crippen molar-refractivity contribution in [1.82, 2.24) is 10.2 Å². The van der Waals surface area contributed by atoms with Crippen molar-refractivity contribution in [3.05, 3.63) is 12.4 Å². The normalized spacial score (nSPS) is 24.1. The zero-order valence-corrected chi connectivity index (χ0v) is 9.29. The van der Waals surface area contributed by atoms with Crippen molar-refractivity contribution >= 4 is 12.4 Å². The van der Waals surface area contributed by atoms with Crippen LogP contribution in [0.25, 0.3) is 0 Å². The Hall–Kier alpha value is -0.765. The number of rotatable bonds is 1. The third-order valence-electron chi connectivity index (χ3n) is 3.65. The van der Waals surface area contributed by atoms with Crippen molar-refractivity contribution in [2.45, 2.75) is 39.6 Å². The maximum atomic E-state index is 6.05. The summed E-state index contributed by atoms with van der Waals surface area (Å²) in [5.74, 6) is 0. The molecule has 14 heavy (non-hydrogen) atoms. The van der Waals surface area contributed by atoms with Gasteiger partial charge in [0, 0.05) is 12.4 Å². The lowest BCUT2D eigenvalue weighted by molar-refractivity contribution is 0.0375. The summed E-state index contributed by atoms with van der Waals surface area (Å²) in [4.78, 5) is 0. The van der Waals surface area contributed by atoms with E-state index in [1.165, 1.54) is 0 Å². The predicted octanol–water partition coefficient (Wildman–Crippen LogP) is 1.44. The lowest BCUT2D eigenvalue weighted by Crippen LogP contribution is -2.35. The minimum atomic E-state index is -0.0606. The average molecular weight is 192 g/mol. The van der Waals surface area contributed by atoms with E-state index in [4.69, 9.17) is 4.65 Å². The lowest BCUT2D eigenvalue weighted by Gasteiger charge is -2.34. The predicted molar refractivity (Wildman–Crippen MR) is 57.7 cm³/mol. The summed E-state index contributed by atoms with van der Waals surface area (Å²) in [6, 6.07) is 0. The van der Waals surface area contributed by atoms with Gasteiger partial charge in [0.15, 0.2) is 0 Å². The first kappa shape index (κ1) is 9.78. The largest absolute Gasteiger partial charge is 0.425 e. The minimum Gasteiger partial charge on any atom is -0.425 e. The average Bonchev–Trinajstić information content (AvgIpc) is 2.58. The van der Waals surface area contributed by atoms with Crippen LogP contribution in [0.1, 0.15) is 27.7 Å². The van der Waals surface area contributed by atoms with Crippen molar-refractivity contribution in [3.63, 3.8) is 0 Å². The van der Waals surface area contributed by atoms with Crippen LogP contribution in [0.15, 0.2) is 12.4 Å². The fraction of sp³-hybridized carbons (Fsp3) is 0.700. The van der Waals surface area contributed by atoms with Gasteiger partial charge in [0.25, 0.3) is 0 Å². The second-order valence-electron chi connectivity index (χ2n) is 5.24. The minimum absolute atomic E-state index is 0.0606. The van der Waals surface area contributed by atoms with E-state index in [2.05, 4.69) is 37.9 Å². The van der Waals surface area contributed by atoms with Gasteiger partial charge in [0.2, 0.25) is 0 Å². The van der Waals surface area contributed by atoms with Crippen molar-refractivity contribution < 1.29 is 4.65 Å². The first-order valence-electron chi connectivity index (χ1n) is 5.09. The number of H-pyrrole nitrogens is 1. The van der Waals surface area contributed by atoms with Gasteiger partial charge < -0.3 is 4.65 Å². The summed E-state index contributed by atoms with van der Waals surface area (Å²) in [7, 11) is 0. The van der Waals surface area contributed by atoms with E-state index in [1.807, 2.05) is 12.4 Å². The molecule has 1 aromatic rings. The fourth-order valence-electron chi connectivity index (χ4n) is 1.89. The third kappa shape index (κ3) is 1.38. The lowest BCUT2D eigenvalue weighted by atomic mass is 9.55. The van der Waals surface area contributed by atoms with E-state index in [-0.39, 0.29) is 17.9 Å². The highest BCUT2D eigenvalue weighted by Gasteiger charge is 2.49. The fourth-order valence-corrected chi connectivity index (χ4v) is 1.89. The van der Waals surface area contributed by atoms with Gasteiger partial charge in [-0.2, -0.15) is 5.10 Å². The Morgan fingerprint density at radius 2 is 2.14 bits per heavy atom. The molecule has 2 heterocycles. The quantitative estimate of drug-likeness (QED) is 0.683. The Morgan fingerprint density at radius 1 is 1.43 bits per heavy atom. The molecule has 0 aliphatic carbocycles. The second-order valence-corrected chi connectivity index (χ2v) is 5.24. The monoisotopic (exact) mass is 192 g/mol. The van der Waals surface area contributed by atoms with Crippen LogP contribution in [0.5, 0.6) is 0 Å². The molecule has 0 amide bonds. The van der Waals surface area contributed by atoms with Crippen LogP contribution >= 0.6 is 0 Å². The Bertz CT molecular complexity index is 303. The Morgan fingerprint density at radius 3 is 2.57 bits per heavy atom. The Balaban J connectivity index is 2.22. The number of nitrogens with one attached hydrogen (secondary N) is 1. The molecule has 1 aromatic heterocycles. The molecule has 0 saturated carbocycles. The van der Waals surface area contributed by atoms with Gasteiger partial charge >= 0.3 is 6.92 Å². The van der Waals surface area contributed by atoms with Crippen LogP contribution in [0.4, 0.5) is 0 Å². The highest BCUT2D eigenvalue weighted by Crippen LogP contribution is 2.44. The first-order chi connectivity index (χ1) is 6.42. The zero-order valence-electron chi connectivity index (χ0n) is 9.29. The maximum absolute atomic E-state index is 6.05. The summed E-state index contributed by atoms with van der Waals surface area (Å²) in [6.07, 6.45) is 4.82. The molecule has 1 N–H and O–H groups in total. The van der Waals surface area contributed by atoms with Crippen LogP contribution in [0.2, 0.25) is 6.32 Å². The van der Waals surface area contributed by atoms with E-state index in [0.717, 1.165) is 11.8 Å². The summed E-state index contributed by atoms with van der Waals surface area (Å²) in [6.45, 7) is 9.03. The van der Waals surface area contributed by atoms with Gasteiger partial charge in [-0.3, -0.25) is 5.10 Å². The molecule has 0 atom stereocenters. The van der Waals surface area contributed by atoms with Gasteiger partial charge in [-0.1, -0.05) is 13.8 Å². The summed E-state index contributed by atoms with van der Waals surface area (Å²) in [5, 5.41) is 6.79. The number of nitrogens with zero attached hydrogens (tertiary/aromatic N) is 1. The molecule has 0 spiro atoms. The molecule has 2 rings (SSSR count). The Labute approximate surface area is 85.3 Å². The van der Waals surface area contributed by atoms with E-state index in [9.17, 15) is 0 Å². The van der Waals surface area contributed by atoms with Gasteiger partial charge in [0.05, 0.1) is 5.60 Å². The SMILES string of the molecule is CC1(C)CB(c2cn[nH]c2)OC1(C)C. The van der Waals surface area contributed by atoms with Crippen molar-refractivity contribution in [1.29, 1.82) is 0 Å². The number of hydrogen-bond acceptors (Lipinski definition) is 2. The van der Waals surface area contributed by atoms with Gasteiger partial charge in [0.1, 0.15) is 0 Å². The van der Waals surface area contributed by atoms with Crippen LogP contribution in [-0.4, -0.2) is 22.7 Å². The van der Waals surface area contributed by atoms with E-state index < -0.39 is 0 Å². The van der Waals surface area contributed by atoms with E-state index >= 15 is 0 Å². The summed E-state index contributed by atoms with van der Waals surface area (Å²) in [5.41, 5.74) is 1.31. The summed E-state index contributed by atoms with van der Waals surface area (Å²) >= 11 is 0. The molecule has 0 unspecified atom stereocenters. The second kappa shape index (κ2) is 2.86. The van der Waals surface area contributed by atoms with Crippen molar-refractivity contribution in [2.24, 2.45) is 5.41 Å². The van der Waals surface area contributed by atoms with Crippen LogP contribution in [-0.2, 0) is 4.65 Å². The van der Waals surface area contributed by atoms with E-state index in [1.54, 1.807) is 0 Å². The maximum Gasteiger partial charge on any atom is 0.331 e. The molecule has 1 fully saturated rings. The van der Waals surface area contributed by atoms with Crippen LogP contribution in [0.3, 0.4) is 0 Å². The van der Waals surface area contributed by atoms with Gasteiger partial charge in [-0.15, -0.1) is 0 Å². The Kier molecular flexibility index (Phi) is 2.00. The molecule has 0 radical (unpaired) electrons. The van der Waals surface area contributed by atoms with Gasteiger partial charge in [-0.05, 0) is 31.0 Å². The van der Waals surface area contributed by atoms with Crippen LogP contribution in [0, 0.1) is 5.41 Å². The molecule has 0 aromatic carbocycles. The highest BCUT2D eigenvalue weighted by molar-refractivity contribution is 6.68. The zero-order chi connectivity index (χ0) is 10.4. The first-order valence-corrected chi connectivity index (χ1v) is 5.09. The third-order valence-corrected chi connectivity index (χ3v) is 3.65. The highest BCUT2D eigenvalue weighted by atomic mass is 16.5. The molecule has 3 nitrogen and oxygen atoms in total. The van der Waals surface area contributed by atoms with Crippen molar-refractivity contribution in [2.75, 3.05) is 0 Å². The number of aromatic nitrogens is 2.